The molecule has 0 amide bonds. The van der Waals surface area contributed by atoms with Crippen LogP contribution in [0.3, 0.4) is 0 Å². The maximum absolute atomic E-state index is 11.9. The molecule has 0 spiro atoms. The number of hydrogen-bond acceptors (Lipinski definition) is 8. The fourth-order valence-electron chi connectivity index (χ4n) is 8.70. The van der Waals surface area contributed by atoms with Crippen molar-refractivity contribution in [3.8, 4) is 0 Å². The van der Waals surface area contributed by atoms with Gasteiger partial charge in [-0.15, -0.1) is 0 Å². The van der Waals surface area contributed by atoms with Gasteiger partial charge >= 0.3 is 49.7 Å². The molecular weight excluding hydrogens is 889 g/mol. The second-order valence-corrected chi connectivity index (χ2v) is 19.4. The van der Waals surface area contributed by atoms with Crippen LogP contribution in [0, 0.1) is 0 Å². The molecule has 0 aliphatic heterocycles. The van der Waals surface area contributed by atoms with E-state index in [1.165, 1.54) is 280 Å². The zero-order chi connectivity index (χ0) is 49.4. The predicted molar refractivity (Wildman–Crippen MR) is 284 cm³/mol. The molecule has 388 valence electrons. The molecule has 0 saturated carbocycles. The third kappa shape index (κ3) is 41.9. The van der Waals surface area contributed by atoms with Crippen molar-refractivity contribution >= 4 is 61.6 Å². The van der Waals surface area contributed by atoms with Crippen molar-refractivity contribution in [3.05, 3.63) is 70.8 Å². The minimum atomic E-state index is -1.25. The first-order valence-electron chi connectivity index (χ1n) is 28.3. The van der Waals surface area contributed by atoms with Crippen molar-refractivity contribution in [1.29, 1.82) is 0 Å². The van der Waals surface area contributed by atoms with Gasteiger partial charge in [0.2, 0.25) is 0 Å². The number of carboxylic acid groups (broad SMARTS) is 2. The number of benzene rings is 2. The summed E-state index contributed by atoms with van der Waals surface area (Å²) in [5, 5.41) is 21.5. The molecular formula is C60H98CaO8. The average Bonchev–Trinajstić information content (AvgIpc) is 3.35. The summed E-state index contributed by atoms with van der Waals surface area (Å²) in [6.07, 6.45) is 53.7. The Morgan fingerprint density at radius 2 is 0.449 bits per heavy atom. The van der Waals surface area contributed by atoms with E-state index < -0.39 is 23.9 Å². The van der Waals surface area contributed by atoms with E-state index in [0.717, 1.165) is 25.7 Å². The van der Waals surface area contributed by atoms with Gasteiger partial charge in [-0.05, 0) is 48.2 Å². The van der Waals surface area contributed by atoms with Crippen LogP contribution in [-0.4, -0.2) is 74.8 Å². The van der Waals surface area contributed by atoms with Crippen molar-refractivity contribution in [2.45, 2.75) is 271 Å². The molecule has 8 nitrogen and oxygen atoms in total. The molecule has 0 radical (unpaired) electrons. The molecule has 0 heterocycles. The van der Waals surface area contributed by atoms with Gasteiger partial charge < -0.3 is 29.3 Å². The van der Waals surface area contributed by atoms with Crippen LogP contribution < -0.4 is 10.2 Å². The van der Waals surface area contributed by atoms with Crippen molar-refractivity contribution in [2.24, 2.45) is 0 Å². The molecule has 2 rings (SSSR count). The summed E-state index contributed by atoms with van der Waals surface area (Å²) in [5.74, 6) is -3.29. The number of rotatable bonds is 46. The fourth-order valence-corrected chi connectivity index (χ4v) is 8.70. The molecule has 0 aliphatic carbocycles. The zero-order valence-corrected chi connectivity index (χ0v) is 46.5. The Kier molecular flexibility index (Phi) is 48.7. The Morgan fingerprint density at radius 1 is 0.290 bits per heavy atom. The maximum Gasteiger partial charge on any atom is 2.00 e. The van der Waals surface area contributed by atoms with Gasteiger partial charge in [-0.3, -0.25) is 0 Å². The van der Waals surface area contributed by atoms with Crippen molar-refractivity contribution in [2.75, 3.05) is 13.2 Å². The van der Waals surface area contributed by atoms with E-state index in [1.807, 2.05) is 0 Å². The fraction of sp³-hybridized carbons (Fsp3) is 0.733. The summed E-state index contributed by atoms with van der Waals surface area (Å²) in [4.78, 5) is 45.3. The number of hydrogen-bond donors (Lipinski definition) is 0. The first-order chi connectivity index (χ1) is 33.3. The van der Waals surface area contributed by atoms with Gasteiger partial charge in [-0.1, -0.05) is 282 Å². The van der Waals surface area contributed by atoms with Crippen LogP contribution in [0.2, 0.25) is 0 Å². The molecule has 0 unspecified atom stereocenters. The summed E-state index contributed by atoms with van der Waals surface area (Å²) in [6, 6.07) is 11.3. The Bertz CT molecular complexity index is 1370. The normalized spacial score (nSPS) is 10.8. The summed E-state index contributed by atoms with van der Waals surface area (Å²) in [5.41, 5.74) is 0.868. The Hall–Kier alpha value is -2.42. The topological polar surface area (TPSA) is 133 Å². The smallest absolute Gasteiger partial charge is 0.545 e. The van der Waals surface area contributed by atoms with E-state index in [2.05, 4.69) is 13.8 Å². The second-order valence-electron chi connectivity index (χ2n) is 19.4. The molecule has 0 aromatic heterocycles. The monoisotopic (exact) mass is 987 g/mol. The number of aromatic carboxylic acids is 2. The summed E-state index contributed by atoms with van der Waals surface area (Å²) in [7, 11) is 0. The van der Waals surface area contributed by atoms with E-state index in [4.69, 9.17) is 9.47 Å². The van der Waals surface area contributed by atoms with E-state index in [9.17, 15) is 29.4 Å². The van der Waals surface area contributed by atoms with Crippen LogP contribution >= 0.6 is 0 Å². The Labute approximate surface area is 452 Å². The predicted octanol–water partition coefficient (Wildman–Crippen LogP) is 15.7. The van der Waals surface area contributed by atoms with Crippen LogP contribution in [0.25, 0.3) is 0 Å². The van der Waals surface area contributed by atoms with E-state index in [0.29, 0.717) is 24.3 Å². The van der Waals surface area contributed by atoms with Gasteiger partial charge in [0.25, 0.3) is 0 Å². The summed E-state index contributed by atoms with van der Waals surface area (Å²) < 4.78 is 10.5. The quantitative estimate of drug-likeness (QED) is 0.0364. The van der Waals surface area contributed by atoms with Gasteiger partial charge in [0.15, 0.2) is 0 Å². The Morgan fingerprint density at radius 3 is 0.623 bits per heavy atom. The van der Waals surface area contributed by atoms with Gasteiger partial charge in [0.05, 0.1) is 36.3 Å². The van der Waals surface area contributed by atoms with Crippen LogP contribution in [0.5, 0.6) is 0 Å². The standard InChI is InChI=1S/2C30H50O4.Ca/c2*1-2-3-4-5-6-7-8-9-10-11-12-13-14-15-16-17-18-19-20-21-26-34-30(33)28-24-22-27(23-25-28)29(31)32;/h2*22-25H,2-21,26H2,1H3,(H,31,32);/q;;+2/p-2. The molecule has 9 heteroatoms. The number of esters is 2. The number of carbonyl (C=O) groups is 4. The van der Waals surface area contributed by atoms with Crippen LogP contribution in [0.15, 0.2) is 48.5 Å². The molecule has 0 N–H and O–H groups in total. The molecule has 0 fully saturated rings. The van der Waals surface area contributed by atoms with Crippen molar-refractivity contribution < 1.29 is 38.9 Å². The van der Waals surface area contributed by atoms with Crippen LogP contribution in [0.4, 0.5) is 0 Å². The number of carboxylic acids is 2. The van der Waals surface area contributed by atoms with Crippen molar-refractivity contribution in [1.82, 2.24) is 0 Å². The SMILES string of the molecule is CCCCCCCCCCCCCCCCCCCCCCOC(=O)c1ccc(C(=O)[O-])cc1.CCCCCCCCCCCCCCCCCCCCCCOC(=O)c1ccc(C(=O)[O-])cc1.[Ca+2]. The third-order valence-electron chi connectivity index (χ3n) is 13.2. The number of unbranched alkanes of at least 4 members (excludes halogenated alkanes) is 38. The van der Waals surface area contributed by atoms with Gasteiger partial charge in [-0.2, -0.15) is 0 Å². The van der Waals surface area contributed by atoms with Gasteiger partial charge in [0, 0.05) is 0 Å². The third-order valence-corrected chi connectivity index (χ3v) is 13.2. The van der Waals surface area contributed by atoms with E-state index >= 15 is 0 Å². The molecule has 0 saturated heterocycles. The maximum atomic E-state index is 11.9. The largest absolute Gasteiger partial charge is 2.00 e. The molecule has 0 bridgehead atoms. The minimum absolute atomic E-state index is 0. The second kappa shape index (κ2) is 50.5. The first kappa shape index (κ1) is 66.6. The molecule has 2 aromatic carbocycles. The average molecular weight is 988 g/mol. The van der Waals surface area contributed by atoms with Crippen LogP contribution in [0.1, 0.15) is 312 Å². The molecule has 0 aliphatic rings. The van der Waals surface area contributed by atoms with Gasteiger partial charge in [-0.25, -0.2) is 9.59 Å². The number of ether oxygens (including phenoxy) is 2. The van der Waals surface area contributed by atoms with Crippen molar-refractivity contribution in [3.63, 3.8) is 0 Å². The van der Waals surface area contributed by atoms with E-state index in [-0.39, 0.29) is 48.9 Å². The number of carbonyl (C=O) groups excluding carboxylic acids is 4. The molecule has 0 atom stereocenters. The van der Waals surface area contributed by atoms with Crippen LogP contribution in [-0.2, 0) is 9.47 Å². The summed E-state index contributed by atoms with van der Waals surface area (Å²) >= 11 is 0. The van der Waals surface area contributed by atoms with Gasteiger partial charge in [0.1, 0.15) is 0 Å². The zero-order valence-electron chi connectivity index (χ0n) is 44.3. The van der Waals surface area contributed by atoms with E-state index in [1.54, 1.807) is 0 Å². The summed E-state index contributed by atoms with van der Waals surface area (Å²) in [6.45, 7) is 5.39. The first-order valence-corrected chi connectivity index (χ1v) is 28.3. The Balaban J connectivity index is 0.00000132. The molecule has 2 aromatic rings. The minimum Gasteiger partial charge on any atom is -0.545 e. The molecule has 69 heavy (non-hydrogen) atoms.